The van der Waals surface area contributed by atoms with Crippen LogP contribution in [0.2, 0.25) is 0 Å². The predicted molar refractivity (Wildman–Crippen MR) is 49.9 cm³/mol. The first-order valence-electron chi connectivity index (χ1n) is 3.55. The van der Waals surface area contributed by atoms with E-state index in [-0.39, 0.29) is 17.3 Å². The molecule has 0 aliphatic heterocycles. The van der Waals surface area contributed by atoms with E-state index in [9.17, 15) is 8.78 Å². The van der Waals surface area contributed by atoms with Gasteiger partial charge >= 0.3 is 0 Å². The Morgan fingerprint density at radius 2 is 1.92 bits per heavy atom. The van der Waals surface area contributed by atoms with E-state index in [0.717, 1.165) is 0 Å². The first-order valence-corrected chi connectivity index (χ1v) is 4.00. The highest BCUT2D eigenvalue weighted by atomic mass is 32.1. The Kier molecular flexibility index (Phi) is 3.25. The number of amidine groups is 1. The van der Waals surface area contributed by atoms with Crippen LogP contribution in [-0.2, 0) is 6.54 Å². The summed E-state index contributed by atoms with van der Waals surface area (Å²) in [7, 11) is 0. The summed E-state index contributed by atoms with van der Waals surface area (Å²) in [5.74, 6) is -1.25. The topological polar surface area (TPSA) is 35.9 Å². The number of rotatable bonds is 2. The van der Waals surface area contributed by atoms with Crippen molar-refractivity contribution in [2.45, 2.75) is 6.54 Å². The molecule has 0 amide bonds. The molecule has 0 aromatic heterocycles. The lowest BCUT2D eigenvalue weighted by molar-refractivity contribution is 0.551. The normalized spacial score (nSPS) is 9.77. The van der Waals surface area contributed by atoms with Crippen molar-refractivity contribution in [1.82, 2.24) is 5.32 Å². The summed E-state index contributed by atoms with van der Waals surface area (Å²) in [5.41, 5.74) is -0.0821. The number of nitrogens with one attached hydrogen (secondary N) is 2. The Hall–Kier alpha value is -1.10. The van der Waals surface area contributed by atoms with Gasteiger partial charge in [-0.2, -0.15) is 0 Å². The molecule has 0 saturated carbocycles. The van der Waals surface area contributed by atoms with Gasteiger partial charge in [-0.05, 0) is 12.1 Å². The van der Waals surface area contributed by atoms with Gasteiger partial charge in [0.05, 0.1) is 0 Å². The van der Waals surface area contributed by atoms with Gasteiger partial charge in [-0.3, -0.25) is 5.41 Å². The second-order valence-electron chi connectivity index (χ2n) is 2.40. The molecule has 0 aliphatic rings. The zero-order valence-electron chi connectivity index (χ0n) is 6.64. The molecular weight excluding hydrogens is 194 g/mol. The van der Waals surface area contributed by atoms with E-state index < -0.39 is 11.6 Å². The molecule has 70 valence electrons. The number of hydrogen-bond acceptors (Lipinski definition) is 1. The van der Waals surface area contributed by atoms with Gasteiger partial charge in [0, 0.05) is 12.1 Å². The Morgan fingerprint density at radius 1 is 1.38 bits per heavy atom. The fourth-order valence-electron chi connectivity index (χ4n) is 0.873. The lowest BCUT2D eigenvalue weighted by Crippen LogP contribution is -2.18. The van der Waals surface area contributed by atoms with Crippen molar-refractivity contribution in [2.24, 2.45) is 0 Å². The zero-order chi connectivity index (χ0) is 9.84. The smallest absolute Gasteiger partial charge is 0.150 e. The van der Waals surface area contributed by atoms with Crippen LogP contribution in [-0.4, -0.2) is 5.17 Å². The van der Waals surface area contributed by atoms with Crippen molar-refractivity contribution in [3.63, 3.8) is 0 Å². The van der Waals surface area contributed by atoms with Gasteiger partial charge in [0.2, 0.25) is 0 Å². The van der Waals surface area contributed by atoms with Crippen LogP contribution in [0.25, 0.3) is 0 Å². The second-order valence-corrected chi connectivity index (χ2v) is 2.85. The number of benzene rings is 1. The average molecular weight is 202 g/mol. The Bertz CT molecular complexity index is 308. The van der Waals surface area contributed by atoms with Crippen LogP contribution in [0.3, 0.4) is 0 Å². The molecule has 5 heteroatoms. The van der Waals surface area contributed by atoms with E-state index in [1.807, 2.05) is 0 Å². The molecule has 0 saturated heterocycles. The standard InChI is InChI=1S/C8H8F2N2S/c9-6-2-1-3-7(10)5(6)4-12-8(11)13/h1-3H,4H2,(H3,11,12,13). The number of halogens is 2. The quantitative estimate of drug-likeness (QED) is 0.382. The van der Waals surface area contributed by atoms with Crippen LogP contribution in [0.5, 0.6) is 0 Å². The molecule has 0 aliphatic carbocycles. The molecule has 1 aromatic carbocycles. The van der Waals surface area contributed by atoms with Gasteiger partial charge in [-0.25, -0.2) is 8.78 Å². The molecule has 13 heavy (non-hydrogen) atoms. The summed E-state index contributed by atoms with van der Waals surface area (Å²) >= 11 is 3.62. The monoisotopic (exact) mass is 202 g/mol. The maximum atomic E-state index is 12.9. The van der Waals surface area contributed by atoms with Crippen LogP contribution in [0.4, 0.5) is 8.78 Å². The third kappa shape index (κ3) is 2.69. The van der Waals surface area contributed by atoms with Gasteiger partial charge in [-0.1, -0.05) is 6.07 Å². The predicted octanol–water partition coefficient (Wildman–Crippen LogP) is 1.92. The maximum absolute atomic E-state index is 12.9. The van der Waals surface area contributed by atoms with Gasteiger partial charge in [-0.15, -0.1) is 12.6 Å². The Balaban J connectivity index is 2.81. The summed E-state index contributed by atoms with van der Waals surface area (Å²) in [6.45, 7) is -0.0686. The molecule has 1 aromatic rings. The Morgan fingerprint density at radius 3 is 2.38 bits per heavy atom. The summed E-state index contributed by atoms with van der Waals surface area (Å²) in [4.78, 5) is 0. The highest BCUT2D eigenvalue weighted by Gasteiger charge is 2.07. The van der Waals surface area contributed by atoms with Crippen molar-refractivity contribution < 1.29 is 8.78 Å². The third-order valence-electron chi connectivity index (χ3n) is 1.49. The highest BCUT2D eigenvalue weighted by Crippen LogP contribution is 2.11. The van der Waals surface area contributed by atoms with Crippen molar-refractivity contribution in [2.75, 3.05) is 0 Å². The molecule has 0 heterocycles. The number of hydrogen-bond donors (Lipinski definition) is 3. The van der Waals surface area contributed by atoms with Crippen LogP contribution >= 0.6 is 12.6 Å². The molecule has 0 fully saturated rings. The van der Waals surface area contributed by atoms with E-state index in [4.69, 9.17) is 5.41 Å². The maximum Gasteiger partial charge on any atom is 0.150 e. The van der Waals surface area contributed by atoms with Crippen molar-refractivity contribution >= 4 is 17.8 Å². The Labute approximate surface area is 79.9 Å². The van der Waals surface area contributed by atoms with E-state index >= 15 is 0 Å². The van der Waals surface area contributed by atoms with E-state index in [0.29, 0.717) is 0 Å². The van der Waals surface area contributed by atoms with E-state index in [1.165, 1.54) is 18.2 Å². The molecule has 2 N–H and O–H groups in total. The minimum Gasteiger partial charge on any atom is -0.361 e. The molecule has 0 bridgehead atoms. The van der Waals surface area contributed by atoms with Crippen LogP contribution in [0.1, 0.15) is 5.56 Å². The third-order valence-corrected chi connectivity index (χ3v) is 1.65. The van der Waals surface area contributed by atoms with E-state index in [1.54, 1.807) is 0 Å². The SMILES string of the molecule is N=C(S)NCc1c(F)cccc1F. The highest BCUT2D eigenvalue weighted by molar-refractivity contribution is 7.96. The number of thiol groups is 1. The van der Waals surface area contributed by atoms with Crippen molar-refractivity contribution in [3.8, 4) is 0 Å². The molecule has 1 rings (SSSR count). The largest absolute Gasteiger partial charge is 0.361 e. The van der Waals surface area contributed by atoms with Crippen LogP contribution < -0.4 is 5.32 Å². The van der Waals surface area contributed by atoms with Gasteiger partial charge in [0.1, 0.15) is 11.6 Å². The minimum absolute atomic E-state index is 0.0686. The molecule has 0 spiro atoms. The molecular formula is C8H8F2N2S. The van der Waals surface area contributed by atoms with E-state index in [2.05, 4.69) is 17.9 Å². The van der Waals surface area contributed by atoms with Crippen LogP contribution in [0, 0.1) is 17.0 Å². The lowest BCUT2D eigenvalue weighted by Gasteiger charge is -2.05. The zero-order valence-corrected chi connectivity index (χ0v) is 7.54. The minimum atomic E-state index is -0.623. The summed E-state index contributed by atoms with van der Waals surface area (Å²) < 4.78 is 25.9. The van der Waals surface area contributed by atoms with Gasteiger partial charge in [0.15, 0.2) is 5.17 Å². The van der Waals surface area contributed by atoms with Gasteiger partial charge < -0.3 is 5.32 Å². The molecule has 0 unspecified atom stereocenters. The fraction of sp³-hybridized carbons (Fsp3) is 0.125. The molecule has 0 radical (unpaired) electrons. The summed E-state index contributed by atoms with van der Waals surface area (Å²) in [6.07, 6.45) is 0. The first kappa shape index (κ1) is 9.98. The summed E-state index contributed by atoms with van der Waals surface area (Å²) in [5, 5.41) is 9.18. The summed E-state index contributed by atoms with van der Waals surface area (Å²) in [6, 6.07) is 3.63. The first-order chi connectivity index (χ1) is 6.11. The molecule has 2 nitrogen and oxygen atoms in total. The average Bonchev–Trinajstić information content (AvgIpc) is 2.03. The molecule has 0 atom stereocenters. The van der Waals surface area contributed by atoms with Crippen molar-refractivity contribution in [3.05, 3.63) is 35.4 Å². The van der Waals surface area contributed by atoms with Crippen molar-refractivity contribution in [1.29, 1.82) is 5.41 Å². The lowest BCUT2D eigenvalue weighted by atomic mass is 10.2. The van der Waals surface area contributed by atoms with Gasteiger partial charge in [0.25, 0.3) is 0 Å². The second kappa shape index (κ2) is 4.23. The van der Waals surface area contributed by atoms with Crippen LogP contribution in [0.15, 0.2) is 18.2 Å². The fourth-order valence-corrected chi connectivity index (χ4v) is 0.952.